The van der Waals surface area contributed by atoms with Crippen LogP contribution < -0.4 is 4.90 Å². The molecule has 0 bridgehead atoms. The lowest BCUT2D eigenvalue weighted by atomic mass is 10.1. The number of halogens is 1. The van der Waals surface area contributed by atoms with E-state index in [0.29, 0.717) is 22.7 Å². The molecule has 1 aromatic heterocycles. The van der Waals surface area contributed by atoms with Crippen molar-refractivity contribution in [3.8, 4) is 11.5 Å². The van der Waals surface area contributed by atoms with Crippen molar-refractivity contribution in [3.05, 3.63) is 46.0 Å². The molecule has 7 heteroatoms. The van der Waals surface area contributed by atoms with Gasteiger partial charge < -0.3 is 14.4 Å². The second kappa shape index (κ2) is 6.14. The highest BCUT2D eigenvalue weighted by Gasteiger charge is 2.35. The topological polar surface area (TPSA) is 83.6 Å². The van der Waals surface area contributed by atoms with Crippen molar-refractivity contribution in [2.45, 2.75) is 6.42 Å². The predicted octanol–water partition coefficient (Wildman–Crippen LogP) is 3.54. The monoisotopic (exact) mass is 448 g/mol. The Balaban J connectivity index is 1.69. The molecule has 3 aromatic rings. The minimum atomic E-state index is -0.947. The maximum Gasteiger partial charge on any atom is 0.308 e. The molecular formula is C18H13IN2O4. The summed E-state index contributed by atoms with van der Waals surface area (Å²) in [6, 6.07) is 13.1. The fraction of sp³-hybridized carbons (Fsp3) is 0.167. The Morgan fingerprint density at radius 3 is 2.84 bits per heavy atom. The summed E-state index contributed by atoms with van der Waals surface area (Å²) in [5, 5.41) is 9.11. The van der Waals surface area contributed by atoms with Crippen LogP contribution >= 0.6 is 22.6 Å². The minimum Gasteiger partial charge on any atom is -0.481 e. The standard InChI is InChI=1S/C18H13IN2O4/c19-12-3-1-2-10(6-12)17-20-14-5-4-13(8-15(14)25-17)21-9-11(18(23)24)7-16(21)22/h1-6,8,11H,7,9H2,(H,23,24)/t11-/m0/s1. The zero-order chi connectivity index (χ0) is 17.6. The first-order chi connectivity index (χ1) is 12.0. The molecule has 0 spiro atoms. The molecule has 1 aliphatic heterocycles. The van der Waals surface area contributed by atoms with Gasteiger partial charge in [-0.25, -0.2) is 4.98 Å². The summed E-state index contributed by atoms with van der Waals surface area (Å²) in [6.07, 6.45) is 0.0253. The maximum atomic E-state index is 12.1. The van der Waals surface area contributed by atoms with Gasteiger partial charge in [0.25, 0.3) is 0 Å². The maximum absolute atomic E-state index is 12.1. The quantitative estimate of drug-likeness (QED) is 0.620. The van der Waals surface area contributed by atoms with Gasteiger partial charge in [0.05, 0.1) is 5.92 Å². The fourth-order valence-corrected chi connectivity index (χ4v) is 3.49. The summed E-state index contributed by atoms with van der Waals surface area (Å²) in [5.74, 6) is -1.29. The third kappa shape index (κ3) is 2.99. The van der Waals surface area contributed by atoms with Crippen LogP contribution in [0.25, 0.3) is 22.6 Å². The number of anilines is 1. The summed E-state index contributed by atoms with van der Waals surface area (Å²) < 4.78 is 6.93. The highest BCUT2D eigenvalue weighted by atomic mass is 127. The summed E-state index contributed by atoms with van der Waals surface area (Å²) in [7, 11) is 0. The minimum absolute atomic E-state index is 0.0253. The molecule has 6 nitrogen and oxygen atoms in total. The second-order valence-corrected chi connectivity index (χ2v) is 7.17. The number of carboxylic acids is 1. The molecule has 1 amide bonds. The smallest absolute Gasteiger partial charge is 0.308 e. The van der Waals surface area contributed by atoms with Gasteiger partial charge in [0.1, 0.15) is 5.52 Å². The van der Waals surface area contributed by atoms with Crippen molar-refractivity contribution in [2.24, 2.45) is 5.92 Å². The van der Waals surface area contributed by atoms with Crippen LogP contribution in [0.1, 0.15) is 6.42 Å². The third-order valence-corrected chi connectivity index (χ3v) is 4.90. The molecule has 2 aromatic carbocycles. The first-order valence-electron chi connectivity index (χ1n) is 7.71. The Morgan fingerprint density at radius 1 is 1.28 bits per heavy atom. The van der Waals surface area contributed by atoms with Crippen LogP contribution in [0.15, 0.2) is 46.9 Å². The highest BCUT2D eigenvalue weighted by Crippen LogP contribution is 2.31. The van der Waals surface area contributed by atoms with E-state index in [0.717, 1.165) is 9.13 Å². The predicted molar refractivity (Wildman–Crippen MR) is 100 cm³/mol. The van der Waals surface area contributed by atoms with Crippen LogP contribution in [0.2, 0.25) is 0 Å². The summed E-state index contributed by atoms with van der Waals surface area (Å²) in [5.41, 5.74) is 2.77. The summed E-state index contributed by atoms with van der Waals surface area (Å²) in [6.45, 7) is 0.178. The Kier molecular flexibility index (Phi) is 3.95. The largest absolute Gasteiger partial charge is 0.481 e. The van der Waals surface area contributed by atoms with Gasteiger partial charge in [-0.3, -0.25) is 9.59 Å². The molecule has 1 fully saturated rings. The Bertz CT molecular complexity index is 998. The van der Waals surface area contributed by atoms with Gasteiger partial charge in [0.2, 0.25) is 11.8 Å². The molecule has 0 radical (unpaired) electrons. The molecular weight excluding hydrogens is 435 g/mol. The molecule has 0 aliphatic carbocycles. The van der Waals surface area contributed by atoms with E-state index < -0.39 is 11.9 Å². The highest BCUT2D eigenvalue weighted by molar-refractivity contribution is 14.1. The molecule has 0 unspecified atom stereocenters. The number of carboxylic acid groups (broad SMARTS) is 1. The summed E-state index contributed by atoms with van der Waals surface area (Å²) in [4.78, 5) is 29.2. The van der Waals surface area contributed by atoms with Gasteiger partial charge in [0.15, 0.2) is 5.58 Å². The number of aliphatic carboxylic acids is 1. The van der Waals surface area contributed by atoms with Gasteiger partial charge in [-0.2, -0.15) is 0 Å². The van der Waals surface area contributed by atoms with E-state index in [1.807, 2.05) is 24.3 Å². The first-order valence-corrected chi connectivity index (χ1v) is 8.79. The van der Waals surface area contributed by atoms with Crippen LogP contribution in [0.3, 0.4) is 0 Å². The van der Waals surface area contributed by atoms with E-state index in [9.17, 15) is 9.59 Å². The first kappa shape index (κ1) is 16.1. The molecule has 1 atom stereocenters. The van der Waals surface area contributed by atoms with E-state index in [-0.39, 0.29) is 18.9 Å². The van der Waals surface area contributed by atoms with Gasteiger partial charge in [0, 0.05) is 33.9 Å². The number of rotatable bonds is 3. The molecule has 1 saturated heterocycles. The van der Waals surface area contributed by atoms with Crippen molar-refractivity contribution >= 4 is 51.3 Å². The number of nitrogens with zero attached hydrogens (tertiary/aromatic N) is 2. The lowest BCUT2D eigenvalue weighted by Crippen LogP contribution is -2.25. The van der Waals surface area contributed by atoms with Crippen LogP contribution in [-0.4, -0.2) is 28.5 Å². The van der Waals surface area contributed by atoms with Crippen molar-refractivity contribution in [2.75, 3.05) is 11.4 Å². The molecule has 25 heavy (non-hydrogen) atoms. The van der Waals surface area contributed by atoms with E-state index in [1.165, 1.54) is 4.90 Å². The normalized spacial score (nSPS) is 17.4. The van der Waals surface area contributed by atoms with E-state index in [4.69, 9.17) is 9.52 Å². The van der Waals surface area contributed by atoms with Gasteiger partial charge >= 0.3 is 5.97 Å². The average molecular weight is 448 g/mol. The van der Waals surface area contributed by atoms with E-state index >= 15 is 0 Å². The average Bonchev–Trinajstić information content (AvgIpc) is 3.17. The molecule has 1 N–H and O–H groups in total. The molecule has 1 aliphatic rings. The lowest BCUT2D eigenvalue weighted by molar-refractivity contribution is -0.141. The van der Waals surface area contributed by atoms with Gasteiger partial charge in [-0.05, 0) is 52.9 Å². The van der Waals surface area contributed by atoms with Crippen LogP contribution in [0.4, 0.5) is 5.69 Å². The number of aromatic nitrogens is 1. The van der Waals surface area contributed by atoms with E-state index in [1.54, 1.807) is 18.2 Å². The Morgan fingerprint density at radius 2 is 2.12 bits per heavy atom. The third-order valence-electron chi connectivity index (χ3n) is 4.23. The number of benzene rings is 2. The molecule has 126 valence electrons. The number of carbonyl (C=O) groups excluding carboxylic acids is 1. The van der Waals surface area contributed by atoms with Crippen molar-refractivity contribution in [3.63, 3.8) is 0 Å². The lowest BCUT2D eigenvalue weighted by Gasteiger charge is -2.15. The molecule has 4 rings (SSSR count). The number of hydrogen-bond donors (Lipinski definition) is 1. The fourth-order valence-electron chi connectivity index (χ4n) is 2.95. The number of hydrogen-bond acceptors (Lipinski definition) is 4. The molecule has 0 saturated carbocycles. The van der Waals surface area contributed by atoms with Crippen LogP contribution in [-0.2, 0) is 9.59 Å². The number of oxazole rings is 1. The van der Waals surface area contributed by atoms with E-state index in [2.05, 4.69) is 27.6 Å². The van der Waals surface area contributed by atoms with Crippen molar-refractivity contribution in [1.29, 1.82) is 0 Å². The van der Waals surface area contributed by atoms with Gasteiger partial charge in [-0.1, -0.05) is 6.07 Å². The zero-order valence-electron chi connectivity index (χ0n) is 13.0. The SMILES string of the molecule is O=C(O)[C@H]1CC(=O)N(c2ccc3nc(-c4cccc(I)c4)oc3c2)C1. The van der Waals surface area contributed by atoms with Crippen LogP contribution in [0.5, 0.6) is 0 Å². The Hall–Kier alpha value is -2.42. The van der Waals surface area contributed by atoms with Crippen LogP contribution in [0, 0.1) is 9.49 Å². The number of fused-ring (bicyclic) bond motifs is 1. The number of carbonyl (C=O) groups is 2. The zero-order valence-corrected chi connectivity index (χ0v) is 15.1. The second-order valence-electron chi connectivity index (χ2n) is 5.93. The Labute approximate surface area is 156 Å². The van der Waals surface area contributed by atoms with Crippen molar-refractivity contribution < 1.29 is 19.1 Å². The summed E-state index contributed by atoms with van der Waals surface area (Å²) >= 11 is 2.23. The van der Waals surface area contributed by atoms with Gasteiger partial charge in [-0.15, -0.1) is 0 Å². The number of amides is 1. The molecule has 2 heterocycles. The van der Waals surface area contributed by atoms with Crippen molar-refractivity contribution in [1.82, 2.24) is 4.98 Å².